The molecule has 2 saturated heterocycles. The summed E-state index contributed by atoms with van der Waals surface area (Å²) in [5.41, 5.74) is 0. The van der Waals surface area contributed by atoms with Gasteiger partial charge in [0, 0.05) is 59.3 Å². The second-order valence-electron chi connectivity index (χ2n) is 7.88. The number of nitrogens with zero attached hydrogens (tertiary/aromatic N) is 4. The summed E-state index contributed by atoms with van der Waals surface area (Å²) in [6.45, 7) is 4.38. The molecule has 2 aliphatic heterocycles. The first-order valence-corrected chi connectivity index (χ1v) is 11.6. The van der Waals surface area contributed by atoms with E-state index < -0.39 is 15.8 Å². The molecule has 8 nitrogen and oxygen atoms in total. The van der Waals surface area contributed by atoms with Crippen molar-refractivity contribution in [3.63, 3.8) is 0 Å². The number of sulfonamides is 1. The van der Waals surface area contributed by atoms with Crippen molar-refractivity contribution in [3.05, 3.63) is 30.1 Å². The van der Waals surface area contributed by atoms with Crippen LogP contribution in [0.25, 0.3) is 0 Å². The Morgan fingerprint density at radius 3 is 2.30 bits per heavy atom. The summed E-state index contributed by atoms with van der Waals surface area (Å²) in [7, 11) is -1.96. The van der Waals surface area contributed by atoms with E-state index in [1.165, 1.54) is 22.5 Å². The monoisotopic (exact) mass is 440 g/mol. The Kier molecular flexibility index (Phi) is 7.10. The lowest BCUT2D eigenvalue weighted by atomic mass is 10.0. The highest BCUT2D eigenvalue weighted by atomic mass is 32.2. The highest BCUT2D eigenvalue weighted by Gasteiger charge is 2.31. The number of amides is 2. The van der Waals surface area contributed by atoms with Gasteiger partial charge in [0.1, 0.15) is 5.82 Å². The second-order valence-corrected chi connectivity index (χ2v) is 9.82. The van der Waals surface area contributed by atoms with Crippen molar-refractivity contribution < 1.29 is 22.4 Å². The van der Waals surface area contributed by atoms with Crippen molar-refractivity contribution in [2.45, 2.75) is 30.7 Å². The van der Waals surface area contributed by atoms with E-state index in [1.54, 1.807) is 16.7 Å². The number of likely N-dealkylation sites (tertiary alicyclic amines) is 1. The average molecular weight is 441 g/mol. The molecule has 3 rings (SSSR count). The second kappa shape index (κ2) is 9.40. The molecule has 0 bridgehead atoms. The lowest BCUT2D eigenvalue weighted by molar-refractivity contribution is -0.135. The Morgan fingerprint density at radius 2 is 1.73 bits per heavy atom. The Balaban J connectivity index is 1.48. The minimum atomic E-state index is -3.77. The van der Waals surface area contributed by atoms with Gasteiger partial charge >= 0.3 is 0 Å². The number of hydrogen-bond acceptors (Lipinski definition) is 5. The fourth-order valence-electron chi connectivity index (χ4n) is 3.97. The molecular weight excluding hydrogens is 411 g/mol. The number of carbonyl (C=O) groups excluding carboxylic acids is 2. The van der Waals surface area contributed by atoms with Gasteiger partial charge < -0.3 is 9.80 Å². The van der Waals surface area contributed by atoms with Crippen LogP contribution < -0.4 is 0 Å². The van der Waals surface area contributed by atoms with Crippen LogP contribution in [0.5, 0.6) is 0 Å². The van der Waals surface area contributed by atoms with E-state index >= 15 is 0 Å². The maximum absolute atomic E-state index is 13.4. The summed E-state index contributed by atoms with van der Waals surface area (Å²) in [5.74, 6) is -0.560. The molecule has 30 heavy (non-hydrogen) atoms. The minimum absolute atomic E-state index is 0.0174. The van der Waals surface area contributed by atoms with Crippen molar-refractivity contribution in [2.75, 3.05) is 52.9 Å². The Labute approximate surface area is 177 Å². The summed E-state index contributed by atoms with van der Waals surface area (Å²) in [6, 6.07) is 5.18. The number of carbonyl (C=O) groups is 2. The van der Waals surface area contributed by atoms with Gasteiger partial charge in [-0.15, -0.1) is 0 Å². The fraction of sp³-hybridized carbons (Fsp3) is 0.600. The molecule has 1 aromatic rings. The van der Waals surface area contributed by atoms with Crippen molar-refractivity contribution in [2.24, 2.45) is 0 Å². The molecule has 0 N–H and O–H groups in total. The van der Waals surface area contributed by atoms with Gasteiger partial charge in [0.25, 0.3) is 0 Å². The molecule has 166 valence electrons. The summed E-state index contributed by atoms with van der Waals surface area (Å²) < 4.78 is 40.1. The first-order chi connectivity index (χ1) is 14.2. The first-order valence-electron chi connectivity index (χ1n) is 10.2. The molecule has 0 radical (unpaired) electrons. The van der Waals surface area contributed by atoms with Crippen LogP contribution in [-0.2, 0) is 19.6 Å². The van der Waals surface area contributed by atoms with Crippen molar-refractivity contribution >= 4 is 21.8 Å². The SMILES string of the molecule is CC(=O)N(C)C1CCN(CC(=O)N2CCN(S(=O)(=O)c3cccc(F)c3)CC2)CC1. The van der Waals surface area contributed by atoms with Crippen LogP contribution in [0.3, 0.4) is 0 Å². The third-order valence-electron chi connectivity index (χ3n) is 5.99. The smallest absolute Gasteiger partial charge is 0.243 e. The van der Waals surface area contributed by atoms with Gasteiger partial charge in [-0.25, -0.2) is 12.8 Å². The Morgan fingerprint density at radius 1 is 1.10 bits per heavy atom. The average Bonchev–Trinajstić information content (AvgIpc) is 2.73. The molecule has 0 atom stereocenters. The van der Waals surface area contributed by atoms with Crippen molar-refractivity contribution in [1.29, 1.82) is 0 Å². The number of piperazine rings is 1. The van der Waals surface area contributed by atoms with E-state index in [0.717, 1.165) is 32.0 Å². The summed E-state index contributed by atoms with van der Waals surface area (Å²) in [5, 5.41) is 0. The largest absolute Gasteiger partial charge is 0.343 e. The summed E-state index contributed by atoms with van der Waals surface area (Å²) in [4.78, 5) is 29.6. The van der Waals surface area contributed by atoms with Crippen LogP contribution >= 0.6 is 0 Å². The standard InChI is InChI=1S/C20H29FN4O4S/c1-16(26)22(2)18-6-8-23(9-7-18)15-20(27)24-10-12-25(13-11-24)30(28,29)19-5-3-4-17(21)14-19/h3-5,14,18H,6-13,15H2,1-2H3. The highest BCUT2D eigenvalue weighted by Crippen LogP contribution is 2.19. The molecule has 2 heterocycles. The molecule has 0 aromatic heterocycles. The number of halogens is 1. The first kappa shape index (κ1) is 22.6. The molecule has 0 saturated carbocycles. The molecule has 0 spiro atoms. The quantitative estimate of drug-likeness (QED) is 0.670. The number of rotatable bonds is 5. The number of hydrogen-bond donors (Lipinski definition) is 0. The Bertz CT molecular complexity index is 879. The number of piperidine rings is 1. The summed E-state index contributed by atoms with van der Waals surface area (Å²) in [6.07, 6.45) is 1.67. The molecular formula is C20H29FN4O4S. The zero-order valence-corrected chi connectivity index (χ0v) is 18.3. The molecule has 10 heteroatoms. The van der Waals surface area contributed by atoms with E-state index in [0.29, 0.717) is 19.6 Å². The van der Waals surface area contributed by atoms with Gasteiger partial charge in [-0.1, -0.05) is 6.07 Å². The molecule has 1 aromatic carbocycles. The van der Waals surface area contributed by atoms with Crippen molar-refractivity contribution in [1.82, 2.24) is 19.0 Å². The maximum atomic E-state index is 13.4. The zero-order chi connectivity index (χ0) is 21.9. The minimum Gasteiger partial charge on any atom is -0.343 e. The fourth-order valence-corrected chi connectivity index (χ4v) is 5.42. The maximum Gasteiger partial charge on any atom is 0.243 e. The van der Waals surface area contributed by atoms with E-state index in [4.69, 9.17) is 0 Å². The third-order valence-corrected chi connectivity index (χ3v) is 7.88. The Hall–Kier alpha value is -2.04. The third kappa shape index (κ3) is 5.16. The molecule has 0 unspecified atom stereocenters. The van der Waals surface area contributed by atoms with Crippen LogP contribution in [0.2, 0.25) is 0 Å². The predicted molar refractivity (Wildman–Crippen MR) is 110 cm³/mol. The van der Waals surface area contributed by atoms with Crippen LogP contribution in [0, 0.1) is 5.82 Å². The van der Waals surface area contributed by atoms with Crippen molar-refractivity contribution in [3.8, 4) is 0 Å². The predicted octanol–water partition coefficient (Wildman–Crippen LogP) is 0.601. The molecule has 2 amide bonds. The molecule has 2 fully saturated rings. The topological polar surface area (TPSA) is 81.2 Å². The summed E-state index contributed by atoms with van der Waals surface area (Å²) >= 11 is 0. The van der Waals surface area contributed by atoms with Gasteiger partial charge in [0.05, 0.1) is 11.4 Å². The van der Waals surface area contributed by atoms with Gasteiger partial charge in [-0.3, -0.25) is 14.5 Å². The molecule has 0 aliphatic carbocycles. The van der Waals surface area contributed by atoms with Crippen LogP contribution in [0.15, 0.2) is 29.2 Å². The van der Waals surface area contributed by atoms with E-state index in [1.807, 2.05) is 7.05 Å². The van der Waals surface area contributed by atoms with Gasteiger partial charge in [-0.05, 0) is 31.0 Å². The highest BCUT2D eigenvalue weighted by molar-refractivity contribution is 7.89. The van der Waals surface area contributed by atoms with Gasteiger partial charge in [-0.2, -0.15) is 4.31 Å². The zero-order valence-electron chi connectivity index (χ0n) is 17.5. The van der Waals surface area contributed by atoms with Crippen LogP contribution in [0.1, 0.15) is 19.8 Å². The van der Waals surface area contributed by atoms with Crippen LogP contribution in [-0.4, -0.2) is 98.1 Å². The normalized spacial score (nSPS) is 19.6. The molecule has 2 aliphatic rings. The van der Waals surface area contributed by atoms with Gasteiger partial charge in [0.15, 0.2) is 0 Å². The van der Waals surface area contributed by atoms with E-state index in [2.05, 4.69) is 4.90 Å². The van der Waals surface area contributed by atoms with Gasteiger partial charge in [0.2, 0.25) is 21.8 Å². The lowest BCUT2D eigenvalue weighted by Gasteiger charge is -2.38. The van der Waals surface area contributed by atoms with Crippen LogP contribution in [0.4, 0.5) is 4.39 Å². The van der Waals surface area contributed by atoms with E-state index in [9.17, 15) is 22.4 Å². The number of benzene rings is 1. The van der Waals surface area contributed by atoms with E-state index in [-0.39, 0.29) is 35.8 Å². The lowest BCUT2D eigenvalue weighted by Crippen LogP contribution is -2.53.